The first-order chi connectivity index (χ1) is 15.4. The molecule has 0 saturated heterocycles. The minimum Gasteiger partial charge on any atom is -0.457 e. The Morgan fingerprint density at radius 3 is 2.56 bits per heavy atom. The fraction of sp³-hybridized carbons (Fsp3) is 0.0400. The number of rotatable bonds is 5. The molecule has 0 saturated carbocycles. The molecule has 156 valence electrons. The minimum atomic E-state index is -0.549. The summed E-state index contributed by atoms with van der Waals surface area (Å²) in [5, 5.41) is 25.2. The lowest BCUT2D eigenvalue weighted by molar-refractivity contribution is -0.384. The van der Waals surface area contributed by atoms with Gasteiger partial charge in [0, 0.05) is 29.5 Å². The van der Waals surface area contributed by atoms with E-state index in [1.807, 2.05) is 42.5 Å². The Balaban J connectivity index is 1.55. The normalized spacial score (nSPS) is 11.2. The molecule has 0 aliphatic carbocycles. The third-order valence-corrected chi connectivity index (χ3v) is 4.97. The van der Waals surface area contributed by atoms with Gasteiger partial charge in [-0.1, -0.05) is 30.3 Å². The average molecular weight is 423 g/mol. The zero-order chi connectivity index (χ0) is 22.7. The number of furan rings is 1. The van der Waals surface area contributed by atoms with Crippen LogP contribution < -0.4 is 5.32 Å². The topological polar surface area (TPSA) is 109 Å². The molecule has 32 heavy (non-hydrogen) atoms. The fourth-order valence-corrected chi connectivity index (χ4v) is 3.37. The average Bonchev–Trinajstić information content (AvgIpc) is 3.25. The van der Waals surface area contributed by atoms with Crippen LogP contribution in [0.2, 0.25) is 0 Å². The van der Waals surface area contributed by atoms with Crippen LogP contribution in [-0.4, -0.2) is 10.8 Å². The zero-order valence-electron chi connectivity index (χ0n) is 17.0. The maximum atomic E-state index is 12.6. The highest BCUT2D eigenvalue weighted by Gasteiger charge is 2.14. The molecule has 1 aromatic heterocycles. The van der Waals surface area contributed by atoms with Gasteiger partial charge >= 0.3 is 0 Å². The van der Waals surface area contributed by atoms with E-state index in [2.05, 4.69) is 5.32 Å². The van der Waals surface area contributed by atoms with E-state index in [4.69, 9.17) is 4.42 Å². The first-order valence-electron chi connectivity index (χ1n) is 9.72. The largest absolute Gasteiger partial charge is 0.457 e. The van der Waals surface area contributed by atoms with E-state index in [0.717, 1.165) is 10.8 Å². The lowest BCUT2D eigenvalue weighted by Gasteiger charge is -2.06. The number of nitrogens with zero attached hydrogens (tertiary/aromatic N) is 2. The van der Waals surface area contributed by atoms with Gasteiger partial charge in [0.05, 0.1) is 4.92 Å². The summed E-state index contributed by atoms with van der Waals surface area (Å²) >= 11 is 0. The molecule has 0 aliphatic rings. The molecule has 1 N–H and O–H groups in total. The van der Waals surface area contributed by atoms with Gasteiger partial charge < -0.3 is 9.73 Å². The summed E-state index contributed by atoms with van der Waals surface area (Å²) in [5.74, 6) is 0.256. The second kappa shape index (κ2) is 8.58. The van der Waals surface area contributed by atoms with Gasteiger partial charge in [-0.2, -0.15) is 5.26 Å². The number of anilines is 1. The van der Waals surface area contributed by atoms with Crippen LogP contribution in [-0.2, 0) is 4.79 Å². The van der Waals surface area contributed by atoms with Gasteiger partial charge in [0.2, 0.25) is 0 Å². The van der Waals surface area contributed by atoms with Crippen molar-refractivity contribution >= 4 is 34.1 Å². The summed E-state index contributed by atoms with van der Waals surface area (Å²) in [6, 6.07) is 23.0. The Labute approximate surface area is 183 Å². The predicted molar refractivity (Wildman–Crippen MR) is 122 cm³/mol. The number of benzene rings is 3. The number of nitro groups is 1. The van der Waals surface area contributed by atoms with Crippen LogP contribution in [0.1, 0.15) is 11.3 Å². The lowest BCUT2D eigenvalue weighted by Crippen LogP contribution is -2.13. The number of nitriles is 1. The molecule has 4 rings (SSSR count). The number of nitrogens with one attached hydrogen (secondary N) is 1. The van der Waals surface area contributed by atoms with E-state index >= 15 is 0 Å². The minimum absolute atomic E-state index is 0.00458. The monoisotopic (exact) mass is 423 g/mol. The van der Waals surface area contributed by atoms with E-state index in [0.29, 0.717) is 28.3 Å². The van der Waals surface area contributed by atoms with Gasteiger partial charge in [0.1, 0.15) is 23.2 Å². The molecular weight excluding hydrogens is 406 g/mol. The van der Waals surface area contributed by atoms with E-state index in [1.165, 1.54) is 18.2 Å². The number of carbonyl (C=O) groups excluding carboxylic acids is 1. The number of nitro benzene ring substituents is 1. The molecule has 0 radical (unpaired) electrons. The fourth-order valence-electron chi connectivity index (χ4n) is 3.37. The quantitative estimate of drug-likeness (QED) is 0.187. The second-order valence-electron chi connectivity index (χ2n) is 7.14. The van der Waals surface area contributed by atoms with Gasteiger partial charge in [-0.3, -0.25) is 14.9 Å². The third-order valence-electron chi connectivity index (χ3n) is 4.97. The van der Waals surface area contributed by atoms with Crippen LogP contribution in [0, 0.1) is 28.4 Å². The van der Waals surface area contributed by atoms with Gasteiger partial charge in [0.25, 0.3) is 11.6 Å². The van der Waals surface area contributed by atoms with Crippen molar-refractivity contribution in [3.63, 3.8) is 0 Å². The molecule has 1 heterocycles. The van der Waals surface area contributed by atoms with Crippen LogP contribution in [0.25, 0.3) is 28.2 Å². The van der Waals surface area contributed by atoms with Gasteiger partial charge in [-0.05, 0) is 53.6 Å². The molecule has 0 bridgehead atoms. The number of fused-ring (bicyclic) bond motifs is 1. The maximum absolute atomic E-state index is 12.6. The van der Waals surface area contributed by atoms with Crippen LogP contribution in [0.3, 0.4) is 0 Å². The van der Waals surface area contributed by atoms with E-state index in [1.54, 1.807) is 31.2 Å². The van der Waals surface area contributed by atoms with Crippen molar-refractivity contribution in [3.05, 3.63) is 99.8 Å². The van der Waals surface area contributed by atoms with E-state index in [-0.39, 0.29) is 11.3 Å². The summed E-state index contributed by atoms with van der Waals surface area (Å²) in [5.41, 5.74) is 1.83. The van der Waals surface area contributed by atoms with Crippen molar-refractivity contribution < 1.29 is 14.1 Å². The molecule has 0 unspecified atom stereocenters. The van der Waals surface area contributed by atoms with Crippen molar-refractivity contribution in [2.24, 2.45) is 0 Å². The second-order valence-corrected chi connectivity index (χ2v) is 7.14. The number of hydrogen-bond donors (Lipinski definition) is 1. The molecule has 4 aromatic rings. The standard InChI is InChI=1S/C25H17N3O4/c1-16-12-21(28(30)31)8-10-23(16)24-11-9-22(32-24)14-19(15-26)25(29)27-20-7-6-17-4-2-3-5-18(17)13-20/h2-14H,1H3,(H,27,29)/b19-14+. The Bertz CT molecular complexity index is 1430. The van der Waals surface area contributed by atoms with E-state index in [9.17, 15) is 20.2 Å². The highest BCUT2D eigenvalue weighted by molar-refractivity contribution is 6.10. The van der Waals surface area contributed by atoms with Crippen LogP contribution in [0.5, 0.6) is 0 Å². The number of hydrogen-bond acceptors (Lipinski definition) is 5. The van der Waals surface area contributed by atoms with Crippen molar-refractivity contribution in [2.45, 2.75) is 6.92 Å². The first kappa shape index (κ1) is 20.6. The van der Waals surface area contributed by atoms with Crippen molar-refractivity contribution in [1.29, 1.82) is 5.26 Å². The Morgan fingerprint density at radius 2 is 1.84 bits per heavy atom. The molecule has 0 atom stereocenters. The highest BCUT2D eigenvalue weighted by atomic mass is 16.6. The molecule has 0 spiro atoms. The van der Waals surface area contributed by atoms with Crippen LogP contribution in [0.15, 0.2) is 82.8 Å². The van der Waals surface area contributed by atoms with Crippen LogP contribution in [0.4, 0.5) is 11.4 Å². The van der Waals surface area contributed by atoms with Gasteiger partial charge in [0.15, 0.2) is 0 Å². The molecular formula is C25H17N3O4. The van der Waals surface area contributed by atoms with Crippen molar-refractivity contribution in [3.8, 4) is 17.4 Å². The Kier molecular flexibility index (Phi) is 5.51. The molecule has 7 heteroatoms. The third kappa shape index (κ3) is 4.25. The summed E-state index contributed by atoms with van der Waals surface area (Å²) < 4.78 is 5.76. The number of aryl methyl sites for hydroxylation is 1. The first-order valence-corrected chi connectivity index (χ1v) is 9.72. The zero-order valence-corrected chi connectivity index (χ0v) is 17.0. The summed E-state index contributed by atoms with van der Waals surface area (Å²) in [4.78, 5) is 23.1. The van der Waals surface area contributed by atoms with Crippen molar-refractivity contribution in [2.75, 3.05) is 5.32 Å². The van der Waals surface area contributed by atoms with Gasteiger partial charge in [-0.15, -0.1) is 0 Å². The maximum Gasteiger partial charge on any atom is 0.269 e. The summed E-state index contributed by atoms with van der Waals surface area (Å²) in [7, 11) is 0. The number of non-ortho nitro benzene ring substituents is 1. The molecule has 3 aromatic carbocycles. The molecule has 7 nitrogen and oxygen atoms in total. The summed E-state index contributed by atoms with van der Waals surface area (Å²) in [6.45, 7) is 1.75. The Morgan fingerprint density at radius 1 is 1.06 bits per heavy atom. The Hall–Kier alpha value is -4.70. The lowest BCUT2D eigenvalue weighted by atomic mass is 10.1. The number of carbonyl (C=O) groups is 1. The number of amides is 1. The van der Waals surface area contributed by atoms with Crippen molar-refractivity contribution in [1.82, 2.24) is 0 Å². The smallest absolute Gasteiger partial charge is 0.269 e. The predicted octanol–water partition coefficient (Wildman–Crippen LogP) is 5.86. The molecule has 1 amide bonds. The SMILES string of the molecule is Cc1cc([N+](=O)[O-])ccc1-c1ccc(/C=C(\C#N)C(=O)Nc2ccc3ccccc3c2)o1. The molecule has 0 aliphatic heterocycles. The molecule has 0 fully saturated rings. The van der Waals surface area contributed by atoms with E-state index < -0.39 is 10.8 Å². The van der Waals surface area contributed by atoms with Gasteiger partial charge in [-0.25, -0.2) is 0 Å². The summed E-state index contributed by atoms with van der Waals surface area (Å²) in [6.07, 6.45) is 1.36. The van der Waals surface area contributed by atoms with Crippen LogP contribution >= 0.6 is 0 Å². The highest BCUT2D eigenvalue weighted by Crippen LogP contribution is 2.29.